The maximum Gasteiger partial charge on any atom is 0.254 e. The van der Waals surface area contributed by atoms with Gasteiger partial charge in [0.2, 0.25) is 0 Å². The molecule has 1 saturated heterocycles. The zero-order chi connectivity index (χ0) is 17.2. The SMILES string of the molecule is O=C(c1ccc(F)c(F)c1)N1CCC(O)(COc2ccccc2)C1. The monoisotopic (exact) mass is 333 g/mol. The quantitative estimate of drug-likeness (QED) is 0.936. The summed E-state index contributed by atoms with van der Waals surface area (Å²) in [7, 11) is 0. The molecule has 1 aliphatic rings. The largest absolute Gasteiger partial charge is 0.491 e. The number of hydrogen-bond donors (Lipinski definition) is 1. The molecule has 0 saturated carbocycles. The minimum Gasteiger partial charge on any atom is -0.491 e. The maximum absolute atomic E-state index is 13.3. The summed E-state index contributed by atoms with van der Waals surface area (Å²) in [5, 5.41) is 10.6. The zero-order valence-corrected chi connectivity index (χ0v) is 12.9. The van der Waals surface area contributed by atoms with E-state index in [0.717, 1.165) is 12.1 Å². The van der Waals surface area contributed by atoms with Crippen LogP contribution in [0.1, 0.15) is 16.8 Å². The van der Waals surface area contributed by atoms with Gasteiger partial charge in [0.25, 0.3) is 5.91 Å². The smallest absolute Gasteiger partial charge is 0.254 e. The van der Waals surface area contributed by atoms with Gasteiger partial charge >= 0.3 is 0 Å². The fourth-order valence-electron chi connectivity index (χ4n) is 2.69. The number of para-hydroxylation sites is 1. The highest BCUT2D eigenvalue weighted by Gasteiger charge is 2.39. The van der Waals surface area contributed by atoms with Crippen LogP contribution in [0.4, 0.5) is 8.78 Å². The molecule has 1 atom stereocenters. The Labute approximate surface area is 138 Å². The van der Waals surface area contributed by atoms with Gasteiger partial charge in [-0.1, -0.05) is 18.2 Å². The Balaban J connectivity index is 1.63. The second-order valence-corrected chi connectivity index (χ2v) is 5.93. The van der Waals surface area contributed by atoms with E-state index in [2.05, 4.69) is 0 Å². The van der Waals surface area contributed by atoms with Crippen LogP contribution in [0.5, 0.6) is 5.75 Å². The molecule has 2 aromatic rings. The van der Waals surface area contributed by atoms with E-state index in [1.54, 1.807) is 12.1 Å². The molecule has 6 heteroatoms. The van der Waals surface area contributed by atoms with Gasteiger partial charge in [0, 0.05) is 12.1 Å². The number of amides is 1. The summed E-state index contributed by atoms with van der Waals surface area (Å²) in [6, 6.07) is 12.1. The first-order valence-electron chi connectivity index (χ1n) is 7.61. The molecule has 0 spiro atoms. The Hall–Kier alpha value is -2.47. The summed E-state index contributed by atoms with van der Waals surface area (Å²) < 4.78 is 31.8. The first kappa shape index (κ1) is 16.4. The molecule has 0 aliphatic carbocycles. The van der Waals surface area contributed by atoms with Crippen molar-refractivity contribution in [1.29, 1.82) is 0 Å². The number of carbonyl (C=O) groups excluding carboxylic acids is 1. The average molecular weight is 333 g/mol. The molecule has 1 aliphatic heterocycles. The lowest BCUT2D eigenvalue weighted by Gasteiger charge is -2.23. The zero-order valence-electron chi connectivity index (χ0n) is 12.9. The molecular weight excluding hydrogens is 316 g/mol. The normalized spacial score (nSPS) is 20.2. The molecule has 1 N–H and O–H groups in total. The standard InChI is InChI=1S/C18H17F2NO3/c19-15-7-6-13(10-16(15)20)17(22)21-9-8-18(23,11-21)12-24-14-4-2-1-3-5-14/h1-7,10,23H,8-9,11-12H2. The van der Waals surface area contributed by atoms with Crippen molar-refractivity contribution >= 4 is 5.91 Å². The highest BCUT2D eigenvalue weighted by molar-refractivity contribution is 5.94. The first-order chi connectivity index (χ1) is 11.5. The number of aliphatic hydroxyl groups is 1. The van der Waals surface area contributed by atoms with Crippen molar-refractivity contribution < 1.29 is 23.4 Å². The number of benzene rings is 2. The van der Waals surface area contributed by atoms with Crippen LogP contribution in [0.3, 0.4) is 0 Å². The van der Waals surface area contributed by atoms with Crippen molar-refractivity contribution in [2.24, 2.45) is 0 Å². The molecule has 3 rings (SSSR count). The maximum atomic E-state index is 13.3. The van der Waals surface area contributed by atoms with Gasteiger partial charge < -0.3 is 14.7 Å². The van der Waals surface area contributed by atoms with Crippen LogP contribution in [0.25, 0.3) is 0 Å². The van der Waals surface area contributed by atoms with Crippen LogP contribution in [0.15, 0.2) is 48.5 Å². The third-order valence-electron chi connectivity index (χ3n) is 4.04. The molecule has 0 aromatic heterocycles. The lowest BCUT2D eigenvalue weighted by Crippen LogP contribution is -2.40. The van der Waals surface area contributed by atoms with Gasteiger partial charge in [-0.25, -0.2) is 8.78 Å². The number of ether oxygens (including phenoxy) is 1. The number of hydrogen-bond acceptors (Lipinski definition) is 3. The number of halogens is 2. The van der Waals surface area contributed by atoms with Gasteiger partial charge in [0.1, 0.15) is 18.0 Å². The van der Waals surface area contributed by atoms with E-state index in [1.807, 2.05) is 18.2 Å². The van der Waals surface area contributed by atoms with Crippen LogP contribution < -0.4 is 4.74 Å². The van der Waals surface area contributed by atoms with Crippen LogP contribution in [-0.4, -0.2) is 41.2 Å². The minimum atomic E-state index is -1.16. The fraction of sp³-hybridized carbons (Fsp3) is 0.278. The van der Waals surface area contributed by atoms with Crippen molar-refractivity contribution in [3.63, 3.8) is 0 Å². The number of β-amino-alcohol motifs (C(OH)–C–C–N with tert-alkyl or cyclic N) is 1. The van der Waals surface area contributed by atoms with Crippen LogP contribution in [0, 0.1) is 11.6 Å². The Morgan fingerprint density at radius 2 is 1.92 bits per heavy atom. The second-order valence-electron chi connectivity index (χ2n) is 5.93. The second kappa shape index (κ2) is 6.57. The summed E-state index contributed by atoms with van der Waals surface area (Å²) in [6.07, 6.45) is 0.356. The fourth-order valence-corrected chi connectivity index (χ4v) is 2.69. The Morgan fingerprint density at radius 3 is 2.62 bits per heavy atom. The van der Waals surface area contributed by atoms with Crippen LogP contribution in [-0.2, 0) is 0 Å². The number of likely N-dealkylation sites (tertiary alicyclic amines) is 1. The Morgan fingerprint density at radius 1 is 1.17 bits per heavy atom. The van der Waals surface area contributed by atoms with E-state index in [4.69, 9.17) is 4.74 Å². The van der Waals surface area contributed by atoms with Gasteiger partial charge in [-0.3, -0.25) is 4.79 Å². The lowest BCUT2D eigenvalue weighted by molar-refractivity contribution is 0.00430. The van der Waals surface area contributed by atoms with Crippen LogP contribution >= 0.6 is 0 Å². The van der Waals surface area contributed by atoms with Gasteiger partial charge in [-0.2, -0.15) is 0 Å². The van der Waals surface area contributed by atoms with Crippen molar-refractivity contribution in [2.75, 3.05) is 19.7 Å². The van der Waals surface area contributed by atoms with E-state index < -0.39 is 23.1 Å². The average Bonchev–Trinajstić information content (AvgIpc) is 2.99. The van der Waals surface area contributed by atoms with E-state index in [9.17, 15) is 18.7 Å². The van der Waals surface area contributed by atoms with Crippen molar-refractivity contribution in [1.82, 2.24) is 4.90 Å². The molecule has 0 bridgehead atoms. The number of nitrogens with zero attached hydrogens (tertiary/aromatic N) is 1. The predicted octanol–water partition coefficient (Wildman–Crippen LogP) is 2.62. The molecule has 2 aromatic carbocycles. The first-order valence-corrected chi connectivity index (χ1v) is 7.61. The summed E-state index contributed by atoms with van der Waals surface area (Å²) in [5.41, 5.74) is -1.11. The molecule has 126 valence electrons. The van der Waals surface area contributed by atoms with E-state index in [0.29, 0.717) is 18.7 Å². The molecule has 1 heterocycles. The number of rotatable bonds is 4. The Kier molecular flexibility index (Phi) is 4.49. The molecule has 1 amide bonds. The van der Waals surface area contributed by atoms with Gasteiger partial charge in [-0.15, -0.1) is 0 Å². The molecule has 0 radical (unpaired) electrons. The molecular formula is C18H17F2NO3. The summed E-state index contributed by atoms with van der Waals surface area (Å²) in [4.78, 5) is 13.8. The third-order valence-corrected chi connectivity index (χ3v) is 4.04. The van der Waals surface area contributed by atoms with Crippen LogP contribution in [0.2, 0.25) is 0 Å². The highest BCUT2D eigenvalue weighted by Crippen LogP contribution is 2.24. The van der Waals surface area contributed by atoms with Gasteiger partial charge in [0.05, 0.1) is 6.54 Å². The minimum absolute atomic E-state index is 0.0541. The summed E-state index contributed by atoms with van der Waals surface area (Å²) in [6.45, 7) is 0.461. The number of carbonyl (C=O) groups is 1. The molecule has 1 unspecified atom stereocenters. The van der Waals surface area contributed by atoms with E-state index in [-0.39, 0.29) is 18.7 Å². The lowest BCUT2D eigenvalue weighted by atomic mass is 10.1. The highest BCUT2D eigenvalue weighted by atomic mass is 19.2. The summed E-state index contributed by atoms with van der Waals surface area (Å²) >= 11 is 0. The van der Waals surface area contributed by atoms with Gasteiger partial charge in [0.15, 0.2) is 11.6 Å². The molecule has 4 nitrogen and oxygen atoms in total. The van der Waals surface area contributed by atoms with Crippen molar-refractivity contribution in [3.8, 4) is 5.75 Å². The molecule has 24 heavy (non-hydrogen) atoms. The van der Waals surface area contributed by atoms with Crippen molar-refractivity contribution in [3.05, 3.63) is 65.7 Å². The van der Waals surface area contributed by atoms with E-state index in [1.165, 1.54) is 11.0 Å². The van der Waals surface area contributed by atoms with E-state index >= 15 is 0 Å². The Bertz CT molecular complexity index is 738. The third kappa shape index (κ3) is 3.54. The topological polar surface area (TPSA) is 49.8 Å². The van der Waals surface area contributed by atoms with Gasteiger partial charge in [-0.05, 0) is 36.8 Å². The summed E-state index contributed by atoms with van der Waals surface area (Å²) in [5.74, 6) is -1.87. The predicted molar refractivity (Wildman–Crippen MR) is 83.8 cm³/mol. The van der Waals surface area contributed by atoms with Crippen molar-refractivity contribution in [2.45, 2.75) is 12.0 Å². The molecule has 1 fully saturated rings.